The summed E-state index contributed by atoms with van der Waals surface area (Å²) < 4.78 is 0. The second-order valence-electron chi connectivity index (χ2n) is 5.17. The Labute approximate surface area is 86.3 Å². The van der Waals surface area contributed by atoms with Crippen LogP contribution in [0.2, 0.25) is 0 Å². The van der Waals surface area contributed by atoms with Gasteiger partial charge in [-0.15, -0.1) is 0 Å². The van der Waals surface area contributed by atoms with Crippen molar-refractivity contribution in [3.63, 3.8) is 0 Å². The van der Waals surface area contributed by atoms with Crippen LogP contribution in [-0.2, 0) is 6.42 Å². The molecular weight excluding hydrogens is 170 g/mol. The Bertz CT molecular complexity index is 328. The third-order valence-electron chi connectivity index (χ3n) is 3.30. The molecule has 0 bridgehead atoms. The number of fused-ring (bicyclic) bond motifs is 1. The summed E-state index contributed by atoms with van der Waals surface area (Å²) in [7, 11) is 0. The van der Waals surface area contributed by atoms with Gasteiger partial charge in [-0.25, -0.2) is 0 Å². The molecule has 2 N–H and O–H groups in total. The average Bonchev–Trinajstić information content (AvgIpc) is 2.24. The van der Waals surface area contributed by atoms with Crippen LogP contribution in [0.3, 0.4) is 0 Å². The normalized spacial score (nSPS) is 25.2. The Morgan fingerprint density at radius 3 is 2.79 bits per heavy atom. The van der Waals surface area contributed by atoms with Gasteiger partial charge in [-0.3, -0.25) is 0 Å². The van der Waals surface area contributed by atoms with E-state index in [-0.39, 0.29) is 6.04 Å². The van der Waals surface area contributed by atoms with Crippen LogP contribution in [0, 0.1) is 5.41 Å². The zero-order chi connectivity index (χ0) is 10.2. The van der Waals surface area contributed by atoms with Crippen LogP contribution >= 0.6 is 0 Å². The van der Waals surface area contributed by atoms with Gasteiger partial charge in [0, 0.05) is 6.04 Å². The predicted octanol–water partition coefficient (Wildman–Crippen LogP) is 3.05. The molecule has 1 unspecified atom stereocenters. The smallest absolute Gasteiger partial charge is 0.0302 e. The van der Waals surface area contributed by atoms with E-state index in [0.29, 0.717) is 5.41 Å². The molecule has 0 aromatic heterocycles. The van der Waals surface area contributed by atoms with Crippen molar-refractivity contribution in [2.24, 2.45) is 11.1 Å². The van der Waals surface area contributed by atoms with Crippen molar-refractivity contribution in [1.29, 1.82) is 0 Å². The van der Waals surface area contributed by atoms with E-state index in [0.717, 1.165) is 6.42 Å². The standard InChI is InChI=1S/C13H19N/c1-13(2)8-7-10-5-3-4-6-11(10)12(14)9-13/h3-6,12H,7-9,14H2,1-2H3. The summed E-state index contributed by atoms with van der Waals surface area (Å²) in [6.45, 7) is 4.64. The minimum absolute atomic E-state index is 0.226. The molecule has 1 atom stereocenters. The molecule has 0 fully saturated rings. The first-order chi connectivity index (χ1) is 6.58. The van der Waals surface area contributed by atoms with Crippen molar-refractivity contribution in [2.75, 3.05) is 0 Å². The average molecular weight is 189 g/mol. The van der Waals surface area contributed by atoms with Crippen molar-refractivity contribution >= 4 is 0 Å². The first-order valence-electron chi connectivity index (χ1n) is 5.42. The lowest BCUT2D eigenvalue weighted by Gasteiger charge is -2.24. The van der Waals surface area contributed by atoms with Crippen LogP contribution < -0.4 is 5.73 Å². The molecule has 0 heterocycles. The molecule has 1 aliphatic rings. The zero-order valence-corrected chi connectivity index (χ0v) is 9.09. The van der Waals surface area contributed by atoms with E-state index in [2.05, 4.69) is 38.1 Å². The SMILES string of the molecule is CC1(C)CCc2ccccc2C(N)C1. The van der Waals surface area contributed by atoms with Crippen LogP contribution in [0.5, 0.6) is 0 Å². The molecule has 0 aliphatic heterocycles. The van der Waals surface area contributed by atoms with Crippen LogP contribution in [-0.4, -0.2) is 0 Å². The number of aryl methyl sites for hydroxylation is 1. The van der Waals surface area contributed by atoms with Gasteiger partial charge in [-0.2, -0.15) is 0 Å². The molecule has 1 aliphatic carbocycles. The Kier molecular flexibility index (Phi) is 2.36. The van der Waals surface area contributed by atoms with E-state index in [1.807, 2.05) is 0 Å². The third kappa shape index (κ3) is 1.83. The molecular formula is C13H19N. The van der Waals surface area contributed by atoms with Gasteiger partial charge in [0.25, 0.3) is 0 Å². The quantitative estimate of drug-likeness (QED) is 0.624. The number of benzene rings is 1. The number of nitrogens with two attached hydrogens (primary N) is 1. The largest absolute Gasteiger partial charge is 0.324 e. The summed E-state index contributed by atoms with van der Waals surface area (Å²) in [4.78, 5) is 0. The molecule has 0 saturated carbocycles. The lowest BCUT2D eigenvalue weighted by atomic mass is 9.83. The lowest BCUT2D eigenvalue weighted by molar-refractivity contribution is 0.294. The van der Waals surface area contributed by atoms with Gasteiger partial charge < -0.3 is 5.73 Å². The molecule has 1 aromatic carbocycles. The van der Waals surface area contributed by atoms with Gasteiger partial charge in [-0.1, -0.05) is 38.1 Å². The minimum Gasteiger partial charge on any atom is -0.324 e. The Balaban J connectivity index is 2.36. The minimum atomic E-state index is 0.226. The Morgan fingerprint density at radius 2 is 2.00 bits per heavy atom. The fraction of sp³-hybridized carbons (Fsp3) is 0.538. The highest BCUT2D eigenvalue weighted by Gasteiger charge is 2.26. The fourth-order valence-corrected chi connectivity index (χ4v) is 2.40. The molecule has 76 valence electrons. The summed E-state index contributed by atoms with van der Waals surface area (Å²) in [6.07, 6.45) is 3.53. The van der Waals surface area contributed by atoms with Crippen molar-refractivity contribution < 1.29 is 0 Å². The molecule has 2 rings (SSSR count). The molecule has 0 saturated heterocycles. The topological polar surface area (TPSA) is 26.0 Å². The first-order valence-corrected chi connectivity index (χ1v) is 5.42. The summed E-state index contributed by atoms with van der Waals surface area (Å²) in [5.74, 6) is 0. The van der Waals surface area contributed by atoms with Gasteiger partial charge in [0.05, 0.1) is 0 Å². The zero-order valence-electron chi connectivity index (χ0n) is 9.09. The Hall–Kier alpha value is -0.820. The molecule has 0 spiro atoms. The monoisotopic (exact) mass is 189 g/mol. The van der Waals surface area contributed by atoms with Crippen LogP contribution in [0.4, 0.5) is 0 Å². The molecule has 1 heteroatoms. The fourth-order valence-electron chi connectivity index (χ4n) is 2.40. The van der Waals surface area contributed by atoms with Crippen molar-refractivity contribution in [2.45, 2.75) is 39.2 Å². The Morgan fingerprint density at radius 1 is 1.29 bits per heavy atom. The summed E-state index contributed by atoms with van der Waals surface area (Å²) in [6, 6.07) is 8.84. The van der Waals surface area contributed by atoms with Crippen LogP contribution in [0.25, 0.3) is 0 Å². The molecule has 0 amide bonds. The molecule has 0 radical (unpaired) electrons. The second kappa shape index (κ2) is 3.39. The number of hydrogen-bond donors (Lipinski definition) is 1. The highest BCUT2D eigenvalue weighted by Crippen LogP contribution is 2.37. The number of rotatable bonds is 0. The lowest BCUT2D eigenvalue weighted by Crippen LogP contribution is -2.19. The van der Waals surface area contributed by atoms with Crippen LogP contribution in [0.1, 0.15) is 43.9 Å². The maximum atomic E-state index is 6.22. The van der Waals surface area contributed by atoms with Crippen molar-refractivity contribution in [3.8, 4) is 0 Å². The summed E-state index contributed by atoms with van der Waals surface area (Å²) in [5, 5.41) is 0. The van der Waals surface area contributed by atoms with Crippen LogP contribution in [0.15, 0.2) is 24.3 Å². The maximum Gasteiger partial charge on any atom is 0.0302 e. The summed E-state index contributed by atoms with van der Waals surface area (Å²) >= 11 is 0. The predicted molar refractivity (Wildman–Crippen MR) is 60.1 cm³/mol. The van der Waals surface area contributed by atoms with E-state index >= 15 is 0 Å². The van der Waals surface area contributed by atoms with E-state index < -0.39 is 0 Å². The van der Waals surface area contributed by atoms with E-state index in [4.69, 9.17) is 5.73 Å². The summed E-state index contributed by atoms with van der Waals surface area (Å²) in [5.41, 5.74) is 9.42. The molecule has 14 heavy (non-hydrogen) atoms. The highest BCUT2D eigenvalue weighted by atomic mass is 14.6. The van der Waals surface area contributed by atoms with Gasteiger partial charge in [0.15, 0.2) is 0 Å². The van der Waals surface area contributed by atoms with E-state index in [9.17, 15) is 0 Å². The number of hydrogen-bond acceptors (Lipinski definition) is 1. The first kappa shape index (κ1) is 9.72. The van der Waals surface area contributed by atoms with Crippen molar-refractivity contribution in [1.82, 2.24) is 0 Å². The van der Waals surface area contributed by atoms with Gasteiger partial charge >= 0.3 is 0 Å². The van der Waals surface area contributed by atoms with Gasteiger partial charge in [-0.05, 0) is 35.8 Å². The maximum absolute atomic E-state index is 6.22. The third-order valence-corrected chi connectivity index (χ3v) is 3.30. The second-order valence-corrected chi connectivity index (χ2v) is 5.17. The van der Waals surface area contributed by atoms with E-state index in [1.54, 1.807) is 0 Å². The van der Waals surface area contributed by atoms with Gasteiger partial charge in [0.1, 0.15) is 0 Å². The molecule has 1 aromatic rings. The van der Waals surface area contributed by atoms with Gasteiger partial charge in [0.2, 0.25) is 0 Å². The molecule has 1 nitrogen and oxygen atoms in total. The van der Waals surface area contributed by atoms with Crippen molar-refractivity contribution in [3.05, 3.63) is 35.4 Å². The van der Waals surface area contributed by atoms with E-state index in [1.165, 1.54) is 24.0 Å². The highest BCUT2D eigenvalue weighted by molar-refractivity contribution is 5.31.